The fourth-order valence-corrected chi connectivity index (χ4v) is 3.48. The second-order valence-electron chi connectivity index (χ2n) is 6.47. The Morgan fingerprint density at radius 3 is 2.80 bits per heavy atom. The van der Waals surface area contributed by atoms with Crippen LogP contribution in [0.15, 0.2) is 30.3 Å². The molecule has 0 radical (unpaired) electrons. The summed E-state index contributed by atoms with van der Waals surface area (Å²) >= 11 is 0. The first-order valence-electron chi connectivity index (χ1n) is 8.46. The Bertz CT molecular complexity index is 607. The number of ether oxygens (including phenoxy) is 3. The highest BCUT2D eigenvalue weighted by molar-refractivity contribution is 5.81. The number of carboxylic acid groups (broad SMARTS) is 1. The maximum atomic E-state index is 12.3. The molecule has 1 N–H and O–H groups in total. The Kier molecular flexibility index (Phi) is 5.55. The van der Waals surface area contributed by atoms with Gasteiger partial charge >= 0.3 is 5.97 Å². The third kappa shape index (κ3) is 3.93. The highest BCUT2D eigenvalue weighted by Gasteiger charge is 2.54. The largest absolute Gasteiger partial charge is 0.491 e. The summed E-state index contributed by atoms with van der Waals surface area (Å²) in [6, 6.07) is 9.38. The van der Waals surface area contributed by atoms with Crippen molar-refractivity contribution in [3.05, 3.63) is 30.3 Å². The van der Waals surface area contributed by atoms with E-state index in [-0.39, 0.29) is 25.0 Å². The van der Waals surface area contributed by atoms with Crippen LogP contribution in [0.25, 0.3) is 0 Å². The Morgan fingerprint density at radius 2 is 2.08 bits per heavy atom. The molecule has 0 unspecified atom stereocenters. The monoisotopic (exact) mass is 349 g/mol. The van der Waals surface area contributed by atoms with Gasteiger partial charge in [0, 0.05) is 25.6 Å². The van der Waals surface area contributed by atoms with E-state index >= 15 is 0 Å². The molecule has 0 aliphatic carbocycles. The van der Waals surface area contributed by atoms with Crippen LogP contribution in [-0.2, 0) is 19.1 Å². The van der Waals surface area contributed by atoms with Crippen molar-refractivity contribution in [1.29, 1.82) is 0 Å². The van der Waals surface area contributed by atoms with Crippen LogP contribution in [-0.4, -0.2) is 68.0 Å². The minimum absolute atomic E-state index is 0.0680. The van der Waals surface area contributed by atoms with Gasteiger partial charge in [-0.1, -0.05) is 18.2 Å². The number of para-hydroxylation sites is 1. The SMILES string of the molecule is O=C(COCCOc1ccccc1)N1C[C@H]2COCC[C@@]2(C(=O)O)C1. The van der Waals surface area contributed by atoms with Crippen molar-refractivity contribution in [2.24, 2.45) is 11.3 Å². The number of rotatable bonds is 7. The lowest BCUT2D eigenvalue weighted by molar-refractivity contribution is -0.157. The van der Waals surface area contributed by atoms with Gasteiger partial charge in [0.05, 0.1) is 18.6 Å². The number of nitrogens with zero attached hydrogens (tertiary/aromatic N) is 1. The summed E-state index contributed by atoms with van der Waals surface area (Å²) in [5.41, 5.74) is -0.871. The van der Waals surface area contributed by atoms with Crippen LogP contribution in [0.2, 0.25) is 0 Å². The van der Waals surface area contributed by atoms with E-state index in [1.54, 1.807) is 4.90 Å². The summed E-state index contributed by atoms with van der Waals surface area (Å²) in [6.07, 6.45) is 0.447. The molecule has 0 spiro atoms. The van der Waals surface area contributed by atoms with Crippen LogP contribution in [0.3, 0.4) is 0 Å². The summed E-state index contributed by atoms with van der Waals surface area (Å²) in [4.78, 5) is 25.6. The maximum absolute atomic E-state index is 12.3. The zero-order valence-electron chi connectivity index (χ0n) is 14.1. The minimum atomic E-state index is -0.871. The number of carboxylic acids is 1. The molecule has 0 aromatic heterocycles. The number of carbonyl (C=O) groups is 2. The molecule has 7 nitrogen and oxygen atoms in total. The van der Waals surface area contributed by atoms with Gasteiger partial charge in [-0.05, 0) is 18.6 Å². The molecule has 25 heavy (non-hydrogen) atoms. The number of amides is 1. The van der Waals surface area contributed by atoms with E-state index in [0.717, 1.165) is 5.75 Å². The quantitative estimate of drug-likeness (QED) is 0.740. The van der Waals surface area contributed by atoms with E-state index in [2.05, 4.69) is 0 Å². The molecule has 2 heterocycles. The second-order valence-corrected chi connectivity index (χ2v) is 6.47. The summed E-state index contributed by atoms with van der Waals surface area (Å²) < 4.78 is 16.3. The molecule has 1 aromatic rings. The first kappa shape index (κ1) is 17.7. The summed E-state index contributed by atoms with van der Waals surface area (Å²) in [5, 5.41) is 9.61. The van der Waals surface area contributed by atoms with E-state index in [4.69, 9.17) is 14.2 Å². The number of hydrogen-bond acceptors (Lipinski definition) is 5. The minimum Gasteiger partial charge on any atom is -0.491 e. The van der Waals surface area contributed by atoms with E-state index in [1.165, 1.54) is 0 Å². The van der Waals surface area contributed by atoms with Crippen molar-refractivity contribution in [2.45, 2.75) is 6.42 Å². The summed E-state index contributed by atoms with van der Waals surface area (Å²) in [7, 11) is 0. The number of benzene rings is 1. The summed E-state index contributed by atoms with van der Waals surface area (Å²) in [6.45, 7) is 2.05. The maximum Gasteiger partial charge on any atom is 0.311 e. The molecule has 2 atom stereocenters. The Morgan fingerprint density at radius 1 is 1.28 bits per heavy atom. The van der Waals surface area contributed by atoms with Crippen LogP contribution in [0.4, 0.5) is 0 Å². The average molecular weight is 349 g/mol. The first-order valence-corrected chi connectivity index (χ1v) is 8.46. The molecule has 2 aliphatic heterocycles. The van der Waals surface area contributed by atoms with E-state index in [0.29, 0.717) is 39.4 Å². The molecule has 0 saturated carbocycles. The third-order valence-electron chi connectivity index (χ3n) is 4.95. The van der Waals surface area contributed by atoms with Crippen LogP contribution in [0, 0.1) is 11.3 Å². The van der Waals surface area contributed by atoms with E-state index in [9.17, 15) is 14.7 Å². The van der Waals surface area contributed by atoms with E-state index < -0.39 is 11.4 Å². The van der Waals surface area contributed by atoms with Crippen molar-refractivity contribution < 1.29 is 28.9 Å². The van der Waals surface area contributed by atoms with Gasteiger partial charge in [0.15, 0.2) is 0 Å². The lowest BCUT2D eigenvalue weighted by Gasteiger charge is -2.33. The Labute approximate surface area is 146 Å². The predicted molar refractivity (Wildman–Crippen MR) is 88.3 cm³/mol. The highest BCUT2D eigenvalue weighted by atomic mass is 16.5. The molecule has 3 rings (SSSR count). The average Bonchev–Trinajstić information content (AvgIpc) is 3.03. The van der Waals surface area contributed by atoms with Gasteiger partial charge in [-0.3, -0.25) is 9.59 Å². The smallest absolute Gasteiger partial charge is 0.311 e. The number of fused-ring (bicyclic) bond motifs is 1. The molecule has 1 amide bonds. The zero-order valence-corrected chi connectivity index (χ0v) is 14.1. The molecule has 2 fully saturated rings. The zero-order chi connectivity index (χ0) is 17.7. The number of likely N-dealkylation sites (tertiary alicyclic amines) is 1. The number of aliphatic carboxylic acids is 1. The van der Waals surface area contributed by atoms with Crippen LogP contribution >= 0.6 is 0 Å². The molecule has 2 aliphatic rings. The molecule has 0 bridgehead atoms. The van der Waals surface area contributed by atoms with Crippen LogP contribution in [0.5, 0.6) is 5.75 Å². The van der Waals surface area contributed by atoms with Crippen molar-refractivity contribution >= 4 is 11.9 Å². The molecule has 136 valence electrons. The van der Waals surface area contributed by atoms with Gasteiger partial charge in [0.2, 0.25) is 5.91 Å². The highest BCUT2D eigenvalue weighted by Crippen LogP contribution is 2.42. The van der Waals surface area contributed by atoms with E-state index in [1.807, 2.05) is 30.3 Å². The standard InChI is InChI=1S/C18H23NO6/c20-16(12-24-8-9-25-15-4-2-1-3-5-15)19-10-14-11-23-7-6-18(14,13-19)17(21)22/h1-5,14H,6-13H2,(H,21,22)/t14-,18+/m0/s1. The number of hydrogen-bond donors (Lipinski definition) is 1. The first-order chi connectivity index (χ1) is 12.1. The molecule has 7 heteroatoms. The van der Waals surface area contributed by atoms with Gasteiger partial charge in [-0.2, -0.15) is 0 Å². The van der Waals surface area contributed by atoms with Crippen molar-refractivity contribution in [2.75, 3.05) is 46.1 Å². The topological polar surface area (TPSA) is 85.3 Å². The van der Waals surface area contributed by atoms with Gasteiger partial charge in [-0.15, -0.1) is 0 Å². The van der Waals surface area contributed by atoms with Gasteiger partial charge in [0.1, 0.15) is 19.0 Å². The van der Waals surface area contributed by atoms with Crippen molar-refractivity contribution in [3.63, 3.8) is 0 Å². The lowest BCUT2D eigenvalue weighted by atomic mass is 9.74. The molecule has 2 saturated heterocycles. The predicted octanol–water partition coefficient (Wildman–Crippen LogP) is 1.03. The van der Waals surface area contributed by atoms with Gasteiger partial charge in [0.25, 0.3) is 0 Å². The number of carbonyl (C=O) groups excluding carboxylic acids is 1. The Hall–Kier alpha value is -2.12. The van der Waals surface area contributed by atoms with Gasteiger partial charge < -0.3 is 24.2 Å². The second kappa shape index (κ2) is 7.84. The molecular weight excluding hydrogens is 326 g/mol. The lowest BCUT2D eigenvalue weighted by Crippen LogP contribution is -2.45. The van der Waals surface area contributed by atoms with Crippen LogP contribution in [0.1, 0.15) is 6.42 Å². The van der Waals surface area contributed by atoms with Gasteiger partial charge in [-0.25, -0.2) is 0 Å². The fraction of sp³-hybridized carbons (Fsp3) is 0.556. The van der Waals surface area contributed by atoms with Crippen molar-refractivity contribution in [1.82, 2.24) is 4.90 Å². The Balaban J connectivity index is 1.42. The normalized spacial score (nSPS) is 25.4. The fourth-order valence-electron chi connectivity index (χ4n) is 3.48. The van der Waals surface area contributed by atoms with Crippen LogP contribution < -0.4 is 4.74 Å². The third-order valence-corrected chi connectivity index (χ3v) is 4.95. The molecule has 1 aromatic carbocycles. The molecular formula is C18H23NO6. The summed E-state index contributed by atoms with van der Waals surface area (Å²) in [5.74, 6) is -0.420. The van der Waals surface area contributed by atoms with Crippen molar-refractivity contribution in [3.8, 4) is 5.75 Å².